The monoisotopic (exact) mass is 195 g/mol. The second kappa shape index (κ2) is 4.06. The first kappa shape index (κ1) is 9.75. The number of ether oxygens (including phenoxy) is 1. The van der Waals surface area contributed by atoms with Crippen molar-refractivity contribution in [1.82, 2.24) is 4.98 Å². The molecular weight excluding hydrogens is 186 g/mol. The van der Waals surface area contributed by atoms with Crippen molar-refractivity contribution in [2.75, 3.05) is 0 Å². The quantitative estimate of drug-likeness (QED) is 0.532. The number of aryl methyl sites for hydroxylation is 1. The Balaban J connectivity index is 2.71. The molecule has 0 bridgehead atoms. The van der Waals surface area contributed by atoms with Crippen LogP contribution in [0, 0.1) is 19.3 Å². The fourth-order valence-corrected chi connectivity index (χ4v) is 1.43. The standard InChI is InChI=1S/C9H9NO2S/c1-4-6(2)12-9(11)8-7(3)10-5-13-8/h1,5-6H,2-3H3. The third-order valence-corrected chi connectivity index (χ3v) is 2.36. The number of hydrogen-bond donors (Lipinski definition) is 0. The van der Waals surface area contributed by atoms with Crippen LogP contribution in [0.2, 0.25) is 0 Å². The van der Waals surface area contributed by atoms with Crippen molar-refractivity contribution < 1.29 is 9.53 Å². The Bertz CT molecular complexity index is 351. The molecular formula is C9H9NO2S. The maximum atomic E-state index is 11.3. The highest BCUT2D eigenvalue weighted by Crippen LogP contribution is 2.13. The largest absolute Gasteiger partial charge is 0.445 e. The predicted octanol–water partition coefficient (Wildman–Crippen LogP) is 1.63. The molecule has 0 spiro atoms. The molecule has 1 atom stereocenters. The van der Waals surface area contributed by atoms with Crippen molar-refractivity contribution in [1.29, 1.82) is 0 Å². The summed E-state index contributed by atoms with van der Waals surface area (Å²) in [4.78, 5) is 15.8. The van der Waals surface area contributed by atoms with E-state index < -0.39 is 12.1 Å². The molecule has 0 radical (unpaired) electrons. The Morgan fingerprint density at radius 3 is 3.00 bits per heavy atom. The van der Waals surface area contributed by atoms with E-state index in [1.54, 1.807) is 19.4 Å². The summed E-state index contributed by atoms with van der Waals surface area (Å²) in [7, 11) is 0. The number of aromatic nitrogens is 1. The average molecular weight is 195 g/mol. The lowest BCUT2D eigenvalue weighted by Gasteiger charge is -2.05. The van der Waals surface area contributed by atoms with E-state index in [2.05, 4.69) is 10.9 Å². The van der Waals surface area contributed by atoms with E-state index in [9.17, 15) is 4.79 Å². The molecule has 0 saturated carbocycles. The van der Waals surface area contributed by atoms with Gasteiger partial charge in [0.1, 0.15) is 4.88 Å². The summed E-state index contributed by atoms with van der Waals surface area (Å²) in [5.74, 6) is 1.92. The highest BCUT2D eigenvalue weighted by molar-refractivity contribution is 7.11. The van der Waals surface area contributed by atoms with Crippen molar-refractivity contribution in [2.24, 2.45) is 0 Å². The van der Waals surface area contributed by atoms with Crippen LogP contribution in [-0.2, 0) is 4.74 Å². The van der Waals surface area contributed by atoms with Crippen LogP contribution in [0.15, 0.2) is 5.51 Å². The average Bonchev–Trinajstić information content (AvgIpc) is 2.51. The lowest BCUT2D eigenvalue weighted by atomic mass is 10.4. The number of hydrogen-bond acceptors (Lipinski definition) is 4. The summed E-state index contributed by atoms with van der Waals surface area (Å²) in [6.45, 7) is 3.40. The fourth-order valence-electron chi connectivity index (χ4n) is 0.746. The zero-order chi connectivity index (χ0) is 9.84. The highest BCUT2D eigenvalue weighted by Gasteiger charge is 2.14. The van der Waals surface area contributed by atoms with Gasteiger partial charge in [0.05, 0.1) is 11.2 Å². The van der Waals surface area contributed by atoms with Crippen molar-refractivity contribution in [3.63, 3.8) is 0 Å². The van der Waals surface area contributed by atoms with Crippen LogP contribution in [0.3, 0.4) is 0 Å². The van der Waals surface area contributed by atoms with Gasteiger partial charge >= 0.3 is 5.97 Å². The highest BCUT2D eigenvalue weighted by atomic mass is 32.1. The van der Waals surface area contributed by atoms with E-state index in [-0.39, 0.29) is 0 Å². The first-order valence-electron chi connectivity index (χ1n) is 3.72. The first-order valence-corrected chi connectivity index (χ1v) is 4.60. The van der Waals surface area contributed by atoms with Gasteiger partial charge in [-0.3, -0.25) is 0 Å². The van der Waals surface area contributed by atoms with Crippen LogP contribution < -0.4 is 0 Å². The van der Waals surface area contributed by atoms with Crippen LogP contribution in [0.25, 0.3) is 0 Å². The SMILES string of the molecule is C#CC(C)OC(=O)c1scnc1C. The van der Waals surface area contributed by atoms with E-state index in [1.165, 1.54) is 11.3 Å². The maximum Gasteiger partial charge on any atom is 0.351 e. The molecule has 3 nitrogen and oxygen atoms in total. The minimum Gasteiger partial charge on any atom is -0.445 e. The van der Waals surface area contributed by atoms with Crippen LogP contribution in [0.4, 0.5) is 0 Å². The Hall–Kier alpha value is -1.34. The molecule has 0 amide bonds. The number of thiazole rings is 1. The van der Waals surface area contributed by atoms with Gasteiger partial charge in [0.2, 0.25) is 0 Å². The summed E-state index contributed by atoms with van der Waals surface area (Å²) in [5, 5.41) is 0. The minimum absolute atomic E-state index is 0.398. The molecule has 0 aromatic carbocycles. The number of nitrogens with zero attached hydrogens (tertiary/aromatic N) is 1. The number of terminal acetylenes is 1. The van der Waals surface area contributed by atoms with Crippen LogP contribution in [0.1, 0.15) is 22.3 Å². The Kier molecular flexibility index (Phi) is 3.04. The molecule has 1 aromatic rings. The molecule has 68 valence electrons. The summed E-state index contributed by atoms with van der Waals surface area (Å²) in [6.07, 6.45) is 4.58. The molecule has 1 heterocycles. The van der Waals surface area contributed by atoms with Crippen LogP contribution in [0.5, 0.6) is 0 Å². The number of rotatable bonds is 2. The van der Waals surface area contributed by atoms with Crippen molar-refractivity contribution >= 4 is 17.3 Å². The summed E-state index contributed by atoms with van der Waals surface area (Å²) in [6, 6.07) is 0. The zero-order valence-corrected chi connectivity index (χ0v) is 8.22. The molecule has 4 heteroatoms. The second-order valence-electron chi connectivity index (χ2n) is 2.48. The fraction of sp³-hybridized carbons (Fsp3) is 0.333. The van der Waals surface area contributed by atoms with Gasteiger partial charge in [0.15, 0.2) is 6.10 Å². The second-order valence-corrected chi connectivity index (χ2v) is 3.34. The van der Waals surface area contributed by atoms with Crippen molar-refractivity contribution in [2.45, 2.75) is 20.0 Å². The Morgan fingerprint density at radius 1 is 1.85 bits per heavy atom. The van der Waals surface area contributed by atoms with Crippen molar-refractivity contribution in [3.05, 3.63) is 16.1 Å². The summed E-state index contributed by atoms with van der Waals surface area (Å²) in [5.41, 5.74) is 2.28. The van der Waals surface area contributed by atoms with Gasteiger partial charge in [-0.15, -0.1) is 17.8 Å². The zero-order valence-electron chi connectivity index (χ0n) is 7.40. The molecule has 13 heavy (non-hydrogen) atoms. The number of esters is 1. The van der Waals surface area contributed by atoms with E-state index in [0.29, 0.717) is 10.6 Å². The van der Waals surface area contributed by atoms with Gasteiger partial charge in [-0.2, -0.15) is 0 Å². The molecule has 0 N–H and O–H groups in total. The molecule has 0 aliphatic heterocycles. The van der Waals surface area contributed by atoms with E-state index in [1.807, 2.05) is 0 Å². The molecule has 0 fully saturated rings. The smallest absolute Gasteiger partial charge is 0.351 e. The van der Waals surface area contributed by atoms with Gasteiger partial charge in [0, 0.05) is 0 Å². The lowest BCUT2D eigenvalue weighted by molar-refractivity contribution is 0.0443. The minimum atomic E-state index is -0.492. The first-order chi connectivity index (χ1) is 6.15. The van der Waals surface area contributed by atoms with Crippen LogP contribution in [-0.4, -0.2) is 17.1 Å². The molecule has 1 rings (SSSR count). The maximum absolute atomic E-state index is 11.3. The molecule has 1 aromatic heterocycles. The van der Waals surface area contributed by atoms with E-state index in [4.69, 9.17) is 11.2 Å². The Morgan fingerprint density at radius 2 is 2.54 bits per heavy atom. The third kappa shape index (κ3) is 2.30. The molecule has 0 saturated heterocycles. The van der Waals surface area contributed by atoms with E-state index >= 15 is 0 Å². The summed E-state index contributed by atoms with van der Waals surface area (Å²) < 4.78 is 4.92. The summed E-state index contributed by atoms with van der Waals surface area (Å²) >= 11 is 1.26. The number of carbonyl (C=O) groups excluding carboxylic acids is 1. The Labute approximate surface area is 80.8 Å². The van der Waals surface area contributed by atoms with Gasteiger partial charge < -0.3 is 4.74 Å². The van der Waals surface area contributed by atoms with Gasteiger partial charge in [-0.1, -0.05) is 5.92 Å². The van der Waals surface area contributed by atoms with E-state index in [0.717, 1.165) is 0 Å². The van der Waals surface area contributed by atoms with Gasteiger partial charge in [-0.25, -0.2) is 9.78 Å². The molecule has 0 aliphatic rings. The van der Waals surface area contributed by atoms with Crippen molar-refractivity contribution in [3.8, 4) is 12.3 Å². The number of carbonyl (C=O) groups is 1. The predicted molar refractivity (Wildman–Crippen MR) is 50.6 cm³/mol. The van der Waals surface area contributed by atoms with Gasteiger partial charge in [0.25, 0.3) is 0 Å². The topological polar surface area (TPSA) is 39.2 Å². The normalized spacial score (nSPS) is 11.8. The lowest BCUT2D eigenvalue weighted by Crippen LogP contribution is -2.12. The molecule has 1 unspecified atom stereocenters. The van der Waals surface area contributed by atoms with Gasteiger partial charge in [-0.05, 0) is 13.8 Å². The molecule has 0 aliphatic carbocycles. The van der Waals surface area contributed by atoms with Crippen LogP contribution >= 0.6 is 11.3 Å². The third-order valence-electron chi connectivity index (χ3n) is 1.45.